The van der Waals surface area contributed by atoms with Crippen LogP contribution in [0.4, 0.5) is 9.18 Å². The van der Waals surface area contributed by atoms with Crippen molar-refractivity contribution in [1.82, 2.24) is 20.4 Å². The largest absolute Gasteiger partial charge is 0.494 e. The van der Waals surface area contributed by atoms with Gasteiger partial charge in [0, 0.05) is 11.3 Å². The molecule has 0 radical (unpaired) electrons. The molecule has 5 rings (SSSR count). The summed E-state index contributed by atoms with van der Waals surface area (Å²) >= 11 is 0. The first kappa shape index (κ1) is 23.3. The lowest BCUT2D eigenvalue weighted by Crippen LogP contribution is -2.45. The molecule has 1 aliphatic heterocycles. The SMILES string of the molecule is CCOc1cccc(CN2C(=O)NC(c3ccccc3)C(c3nc(-c4ccc(F)cc4)no3)=C2C)c1. The van der Waals surface area contributed by atoms with Crippen LogP contribution in [0.15, 0.2) is 89.1 Å². The summed E-state index contributed by atoms with van der Waals surface area (Å²) in [6.45, 7) is 4.70. The average Bonchev–Trinajstić information content (AvgIpc) is 3.37. The van der Waals surface area contributed by atoms with E-state index in [1.807, 2.05) is 68.4 Å². The van der Waals surface area contributed by atoms with Crippen molar-refractivity contribution in [3.63, 3.8) is 0 Å². The first-order chi connectivity index (χ1) is 17.5. The predicted octanol–water partition coefficient (Wildman–Crippen LogP) is 5.97. The molecule has 7 nitrogen and oxygen atoms in total. The number of carbonyl (C=O) groups excluding carboxylic acids is 1. The van der Waals surface area contributed by atoms with E-state index in [1.54, 1.807) is 17.0 Å². The van der Waals surface area contributed by atoms with Gasteiger partial charge in [-0.1, -0.05) is 47.6 Å². The minimum absolute atomic E-state index is 0.231. The Morgan fingerprint density at radius 3 is 2.58 bits per heavy atom. The second kappa shape index (κ2) is 10.0. The van der Waals surface area contributed by atoms with Crippen molar-refractivity contribution in [2.24, 2.45) is 0 Å². The minimum Gasteiger partial charge on any atom is -0.494 e. The van der Waals surface area contributed by atoms with Gasteiger partial charge in [-0.05, 0) is 61.4 Å². The Labute approximate surface area is 208 Å². The van der Waals surface area contributed by atoms with E-state index < -0.39 is 6.04 Å². The fourth-order valence-electron chi connectivity index (χ4n) is 4.28. The summed E-state index contributed by atoms with van der Waals surface area (Å²) in [5.41, 5.74) is 3.84. The highest BCUT2D eigenvalue weighted by Crippen LogP contribution is 2.38. The summed E-state index contributed by atoms with van der Waals surface area (Å²) in [7, 11) is 0. The number of nitrogens with zero attached hydrogens (tertiary/aromatic N) is 3. The number of urea groups is 1. The molecule has 1 aliphatic rings. The molecule has 0 fully saturated rings. The topological polar surface area (TPSA) is 80.5 Å². The third-order valence-electron chi connectivity index (χ3n) is 6.04. The number of nitrogens with one attached hydrogen (secondary N) is 1. The lowest BCUT2D eigenvalue weighted by atomic mass is 9.94. The van der Waals surface area contributed by atoms with Gasteiger partial charge in [-0.3, -0.25) is 4.90 Å². The molecule has 0 spiro atoms. The normalized spacial score (nSPS) is 15.7. The maximum Gasteiger partial charge on any atom is 0.322 e. The van der Waals surface area contributed by atoms with Crippen molar-refractivity contribution >= 4 is 11.6 Å². The van der Waals surface area contributed by atoms with Crippen LogP contribution in [0.2, 0.25) is 0 Å². The summed E-state index contributed by atoms with van der Waals surface area (Å²) in [6.07, 6.45) is 0. The monoisotopic (exact) mass is 484 g/mol. The van der Waals surface area contributed by atoms with Crippen molar-refractivity contribution in [3.8, 4) is 17.1 Å². The quantitative estimate of drug-likeness (QED) is 0.349. The number of aromatic nitrogens is 2. The molecule has 36 heavy (non-hydrogen) atoms. The minimum atomic E-state index is -0.480. The highest BCUT2D eigenvalue weighted by Gasteiger charge is 2.35. The fraction of sp³-hybridized carbons (Fsp3) is 0.179. The van der Waals surface area contributed by atoms with E-state index in [4.69, 9.17) is 9.26 Å². The van der Waals surface area contributed by atoms with Crippen molar-refractivity contribution in [3.05, 3.63) is 107 Å². The number of benzene rings is 3. The van der Waals surface area contributed by atoms with Gasteiger partial charge >= 0.3 is 6.03 Å². The summed E-state index contributed by atoms with van der Waals surface area (Å²) < 4.78 is 24.7. The van der Waals surface area contributed by atoms with Crippen LogP contribution in [0.5, 0.6) is 5.75 Å². The Morgan fingerprint density at radius 2 is 1.83 bits per heavy atom. The molecule has 182 valence electrons. The van der Waals surface area contributed by atoms with Crippen LogP contribution in [0.3, 0.4) is 0 Å². The van der Waals surface area contributed by atoms with Gasteiger partial charge in [-0.2, -0.15) is 4.98 Å². The predicted molar refractivity (Wildman–Crippen MR) is 133 cm³/mol. The molecular formula is C28H25FN4O3. The Kier molecular flexibility index (Phi) is 6.49. The van der Waals surface area contributed by atoms with E-state index in [1.165, 1.54) is 12.1 Å². The van der Waals surface area contributed by atoms with Crippen molar-refractivity contribution in [2.45, 2.75) is 26.4 Å². The third kappa shape index (κ3) is 4.70. The van der Waals surface area contributed by atoms with E-state index in [0.29, 0.717) is 35.8 Å². The third-order valence-corrected chi connectivity index (χ3v) is 6.04. The van der Waals surface area contributed by atoms with E-state index in [9.17, 15) is 9.18 Å². The van der Waals surface area contributed by atoms with Crippen molar-refractivity contribution in [1.29, 1.82) is 0 Å². The smallest absolute Gasteiger partial charge is 0.322 e. The van der Waals surface area contributed by atoms with Crippen molar-refractivity contribution < 1.29 is 18.4 Å². The van der Waals surface area contributed by atoms with Gasteiger partial charge in [0.15, 0.2) is 0 Å². The number of rotatable bonds is 7. The molecule has 0 aliphatic carbocycles. The molecule has 0 saturated carbocycles. The van der Waals surface area contributed by atoms with Crippen LogP contribution >= 0.6 is 0 Å². The second-order valence-corrected chi connectivity index (χ2v) is 8.39. The summed E-state index contributed by atoms with van der Waals surface area (Å²) in [4.78, 5) is 19.5. The van der Waals surface area contributed by atoms with Gasteiger partial charge in [0.1, 0.15) is 11.6 Å². The zero-order valence-electron chi connectivity index (χ0n) is 19.9. The summed E-state index contributed by atoms with van der Waals surface area (Å²) in [5, 5.41) is 7.22. The maximum atomic E-state index is 13.4. The lowest BCUT2D eigenvalue weighted by Gasteiger charge is -2.35. The van der Waals surface area contributed by atoms with Gasteiger partial charge in [-0.25, -0.2) is 9.18 Å². The zero-order chi connectivity index (χ0) is 25.1. The van der Waals surface area contributed by atoms with E-state index in [2.05, 4.69) is 15.5 Å². The molecule has 1 N–H and O–H groups in total. The number of halogens is 1. The molecule has 0 saturated heterocycles. The van der Waals surface area contributed by atoms with Crippen molar-refractivity contribution in [2.75, 3.05) is 6.61 Å². The van der Waals surface area contributed by atoms with E-state index >= 15 is 0 Å². The van der Waals surface area contributed by atoms with Crippen LogP contribution in [-0.4, -0.2) is 27.7 Å². The molecule has 2 heterocycles. The number of ether oxygens (including phenoxy) is 1. The van der Waals surface area contributed by atoms with Crippen LogP contribution < -0.4 is 10.1 Å². The number of hydrogen-bond donors (Lipinski definition) is 1. The van der Waals surface area contributed by atoms with Crippen LogP contribution in [0, 0.1) is 5.82 Å². The zero-order valence-corrected chi connectivity index (χ0v) is 19.9. The Morgan fingerprint density at radius 1 is 1.06 bits per heavy atom. The van der Waals surface area contributed by atoms with Crippen LogP contribution in [-0.2, 0) is 6.54 Å². The van der Waals surface area contributed by atoms with Crippen LogP contribution in [0.25, 0.3) is 17.0 Å². The second-order valence-electron chi connectivity index (χ2n) is 8.39. The molecule has 3 aromatic carbocycles. The average molecular weight is 485 g/mol. The molecular weight excluding hydrogens is 459 g/mol. The van der Waals surface area contributed by atoms with Gasteiger partial charge in [-0.15, -0.1) is 0 Å². The first-order valence-electron chi connectivity index (χ1n) is 11.7. The number of amides is 2. The molecule has 8 heteroatoms. The lowest BCUT2D eigenvalue weighted by molar-refractivity contribution is 0.203. The number of carbonyl (C=O) groups is 1. The fourth-order valence-corrected chi connectivity index (χ4v) is 4.28. The summed E-state index contributed by atoms with van der Waals surface area (Å²) in [5.74, 6) is 1.03. The van der Waals surface area contributed by atoms with Gasteiger partial charge in [0.05, 0.1) is 24.8 Å². The highest BCUT2D eigenvalue weighted by molar-refractivity contribution is 5.86. The number of hydrogen-bond acceptors (Lipinski definition) is 5. The maximum absolute atomic E-state index is 13.4. The molecule has 1 aromatic heterocycles. The molecule has 0 bridgehead atoms. The highest BCUT2D eigenvalue weighted by atomic mass is 19.1. The summed E-state index contributed by atoms with van der Waals surface area (Å²) in [6, 6.07) is 22.5. The molecule has 1 unspecified atom stereocenters. The molecule has 4 aromatic rings. The standard InChI is InChI=1S/C28H25FN4O3/c1-3-35-23-11-7-8-19(16-23)17-33-18(2)24(25(30-28(33)34)20-9-5-4-6-10-20)27-31-26(32-36-27)21-12-14-22(29)15-13-21/h4-16,25H,3,17H2,1-2H3,(H,30,34). The first-order valence-corrected chi connectivity index (χ1v) is 11.7. The Balaban J connectivity index is 1.56. The van der Waals surface area contributed by atoms with Crippen LogP contribution in [0.1, 0.15) is 36.9 Å². The molecule has 1 atom stereocenters. The van der Waals surface area contributed by atoms with Gasteiger partial charge in [0.25, 0.3) is 5.89 Å². The number of allylic oxidation sites excluding steroid dienone is 1. The van der Waals surface area contributed by atoms with Gasteiger partial charge in [0.2, 0.25) is 5.82 Å². The Hall–Kier alpha value is -4.46. The van der Waals surface area contributed by atoms with Gasteiger partial charge < -0.3 is 14.6 Å². The van der Waals surface area contributed by atoms with E-state index in [-0.39, 0.29) is 17.7 Å². The van der Waals surface area contributed by atoms with E-state index in [0.717, 1.165) is 16.9 Å². The molecule has 2 amide bonds. The Bertz CT molecular complexity index is 1400.